The molecule has 0 bridgehead atoms. The number of halogens is 2. The highest BCUT2D eigenvalue weighted by Gasteiger charge is 2.24. The molecular weight excluding hydrogens is 251 g/mol. The molecule has 0 aliphatic carbocycles. The summed E-state index contributed by atoms with van der Waals surface area (Å²) >= 11 is 11.8. The van der Waals surface area contributed by atoms with Crippen molar-refractivity contribution in [3.05, 3.63) is 28.2 Å². The molecule has 1 aromatic rings. The molecule has 2 amide bonds. The molecule has 1 heterocycles. The molecule has 0 aromatic heterocycles. The van der Waals surface area contributed by atoms with Gasteiger partial charge >= 0.3 is 0 Å². The van der Waals surface area contributed by atoms with Gasteiger partial charge in [0.2, 0.25) is 11.8 Å². The number of hydrogen-bond acceptors (Lipinski definition) is 3. The molecule has 84 valence electrons. The zero-order chi connectivity index (χ0) is 11.7. The van der Waals surface area contributed by atoms with Gasteiger partial charge in [-0.25, -0.2) is 0 Å². The summed E-state index contributed by atoms with van der Waals surface area (Å²) in [6.07, 6.45) is 0. The second kappa shape index (κ2) is 4.31. The van der Waals surface area contributed by atoms with E-state index in [-0.39, 0.29) is 24.9 Å². The van der Waals surface area contributed by atoms with Gasteiger partial charge in [-0.3, -0.25) is 14.9 Å². The van der Waals surface area contributed by atoms with Gasteiger partial charge in [-0.2, -0.15) is 0 Å². The summed E-state index contributed by atoms with van der Waals surface area (Å²) in [5, 5.41) is 3.19. The number of amides is 2. The minimum absolute atomic E-state index is 0.103. The van der Waals surface area contributed by atoms with E-state index < -0.39 is 0 Å². The van der Waals surface area contributed by atoms with Crippen molar-refractivity contribution in [2.24, 2.45) is 0 Å². The van der Waals surface area contributed by atoms with Crippen molar-refractivity contribution in [1.29, 1.82) is 0 Å². The van der Waals surface area contributed by atoms with Crippen LogP contribution in [0.5, 0.6) is 0 Å². The van der Waals surface area contributed by atoms with E-state index in [0.29, 0.717) is 15.7 Å². The van der Waals surface area contributed by atoms with E-state index >= 15 is 0 Å². The fraction of sp³-hybridized carbons (Fsp3) is 0.200. The maximum Gasteiger partial charge on any atom is 0.246 e. The summed E-state index contributed by atoms with van der Waals surface area (Å²) in [6, 6.07) is 4.92. The SMILES string of the molecule is O=C1CN(c2cc(Cl)ccc2Cl)CC(=O)N1. The molecule has 0 saturated carbocycles. The van der Waals surface area contributed by atoms with Crippen LogP contribution in [0.15, 0.2) is 18.2 Å². The van der Waals surface area contributed by atoms with Gasteiger partial charge in [0.25, 0.3) is 0 Å². The molecule has 0 spiro atoms. The van der Waals surface area contributed by atoms with E-state index in [9.17, 15) is 9.59 Å². The molecule has 1 aromatic carbocycles. The molecule has 16 heavy (non-hydrogen) atoms. The lowest BCUT2D eigenvalue weighted by molar-refractivity contribution is -0.130. The lowest BCUT2D eigenvalue weighted by atomic mass is 10.2. The molecule has 0 atom stereocenters. The van der Waals surface area contributed by atoms with Crippen LogP contribution in [-0.2, 0) is 9.59 Å². The Kier molecular flexibility index (Phi) is 3.03. The van der Waals surface area contributed by atoms with Crippen LogP contribution < -0.4 is 10.2 Å². The molecule has 0 unspecified atom stereocenters. The number of hydrogen-bond donors (Lipinski definition) is 1. The number of benzene rings is 1. The van der Waals surface area contributed by atoms with Gasteiger partial charge in [0.15, 0.2) is 0 Å². The summed E-state index contributed by atoms with van der Waals surface area (Å²) < 4.78 is 0. The van der Waals surface area contributed by atoms with E-state index in [1.165, 1.54) is 0 Å². The maximum absolute atomic E-state index is 11.2. The van der Waals surface area contributed by atoms with Crippen LogP contribution in [0.4, 0.5) is 5.69 Å². The van der Waals surface area contributed by atoms with Gasteiger partial charge < -0.3 is 4.90 Å². The summed E-state index contributed by atoms with van der Waals surface area (Å²) in [5.74, 6) is -0.681. The second-order valence-electron chi connectivity index (χ2n) is 3.42. The normalized spacial score (nSPS) is 16.2. The van der Waals surface area contributed by atoms with E-state index in [2.05, 4.69) is 5.32 Å². The molecule has 2 rings (SSSR count). The number of nitrogens with zero attached hydrogens (tertiary/aromatic N) is 1. The fourth-order valence-electron chi connectivity index (χ4n) is 1.54. The Labute approximate surface area is 102 Å². The molecule has 1 fully saturated rings. The molecule has 1 N–H and O–H groups in total. The number of carbonyl (C=O) groups excluding carboxylic acids is 2. The Hall–Kier alpha value is -1.26. The average Bonchev–Trinajstić information content (AvgIpc) is 2.20. The first-order valence-electron chi connectivity index (χ1n) is 4.59. The van der Waals surface area contributed by atoms with E-state index in [0.717, 1.165) is 0 Å². The van der Waals surface area contributed by atoms with Gasteiger partial charge in [0.1, 0.15) is 0 Å². The highest BCUT2D eigenvalue weighted by atomic mass is 35.5. The Morgan fingerprint density at radius 1 is 1.12 bits per heavy atom. The van der Waals surface area contributed by atoms with E-state index in [4.69, 9.17) is 23.2 Å². The summed E-state index contributed by atoms with van der Waals surface area (Å²) in [5.41, 5.74) is 0.595. The Morgan fingerprint density at radius 3 is 2.38 bits per heavy atom. The van der Waals surface area contributed by atoms with Crippen molar-refractivity contribution >= 4 is 40.7 Å². The number of carbonyl (C=O) groups is 2. The zero-order valence-corrected chi connectivity index (χ0v) is 9.68. The number of anilines is 1. The van der Waals surface area contributed by atoms with E-state index in [1.54, 1.807) is 23.1 Å². The predicted molar refractivity (Wildman–Crippen MR) is 61.8 cm³/mol. The van der Waals surface area contributed by atoms with Crippen molar-refractivity contribution in [1.82, 2.24) is 5.32 Å². The van der Waals surface area contributed by atoms with Crippen LogP contribution in [-0.4, -0.2) is 24.9 Å². The number of piperazine rings is 1. The Bertz CT molecular complexity index is 446. The summed E-state index contributed by atoms with van der Waals surface area (Å²) in [4.78, 5) is 24.0. The van der Waals surface area contributed by atoms with Crippen molar-refractivity contribution < 1.29 is 9.59 Å². The van der Waals surface area contributed by atoms with Gasteiger partial charge in [0.05, 0.1) is 23.8 Å². The van der Waals surface area contributed by atoms with Crippen LogP contribution in [0.2, 0.25) is 10.0 Å². The predicted octanol–water partition coefficient (Wildman–Crippen LogP) is 1.46. The number of rotatable bonds is 1. The second-order valence-corrected chi connectivity index (χ2v) is 4.27. The summed E-state index contributed by atoms with van der Waals surface area (Å²) in [6.45, 7) is 0.206. The fourth-order valence-corrected chi connectivity index (χ4v) is 1.94. The average molecular weight is 259 g/mol. The standard InChI is InChI=1S/C10H8Cl2N2O2/c11-6-1-2-7(12)8(3-6)14-4-9(15)13-10(16)5-14/h1-3H,4-5H2,(H,13,15,16). The first-order chi connectivity index (χ1) is 7.56. The quantitative estimate of drug-likeness (QED) is 0.776. The lowest BCUT2D eigenvalue weighted by Crippen LogP contribution is -2.51. The first kappa shape index (κ1) is 11.2. The molecule has 6 heteroatoms. The van der Waals surface area contributed by atoms with Gasteiger partial charge in [-0.05, 0) is 18.2 Å². The van der Waals surface area contributed by atoms with Crippen LogP contribution in [0, 0.1) is 0 Å². The molecule has 1 aliphatic rings. The minimum atomic E-state index is -0.340. The van der Waals surface area contributed by atoms with E-state index in [1.807, 2.05) is 0 Å². The van der Waals surface area contributed by atoms with Gasteiger partial charge in [0, 0.05) is 5.02 Å². The molecule has 4 nitrogen and oxygen atoms in total. The minimum Gasteiger partial charge on any atom is -0.352 e. The molecular formula is C10H8Cl2N2O2. The van der Waals surface area contributed by atoms with Crippen molar-refractivity contribution in [3.63, 3.8) is 0 Å². The van der Waals surface area contributed by atoms with Crippen LogP contribution in [0.25, 0.3) is 0 Å². The Balaban J connectivity index is 2.32. The molecule has 1 saturated heterocycles. The van der Waals surface area contributed by atoms with Crippen LogP contribution in [0.1, 0.15) is 0 Å². The largest absolute Gasteiger partial charge is 0.352 e. The number of nitrogens with one attached hydrogen (secondary N) is 1. The number of imide groups is 1. The third-order valence-corrected chi connectivity index (χ3v) is 2.75. The molecule has 1 aliphatic heterocycles. The molecule has 0 radical (unpaired) electrons. The Morgan fingerprint density at radius 2 is 1.75 bits per heavy atom. The maximum atomic E-state index is 11.2. The van der Waals surface area contributed by atoms with Crippen LogP contribution in [0.3, 0.4) is 0 Å². The summed E-state index contributed by atoms with van der Waals surface area (Å²) in [7, 11) is 0. The third-order valence-electron chi connectivity index (χ3n) is 2.20. The highest BCUT2D eigenvalue weighted by molar-refractivity contribution is 6.35. The smallest absolute Gasteiger partial charge is 0.246 e. The zero-order valence-electron chi connectivity index (χ0n) is 8.17. The third kappa shape index (κ3) is 2.28. The van der Waals surface area contributed by atoms with Crippen molar-refractivity contribution in [3.8, 4) is 0 Å². The topological polar surface area (TPSA) is 49.4 Å². The van der Waals surface area contributed by atoms with Gasteiger partial charge in [-0.15, -0.1) is 0 Å². The first-order valence-corrected chi connectivity index (χ1v) is 5.34. The lowest BCUT2D eigenvalue weighted by Gasteiger charge is -2.28. The highest BCUT2D eigenvalue weighted by Crippen LogP contribution is 2.29. The van der Waals surface area contributed by atoms with Crippen molar-refractivity contribution in [2.75, 3.05) is 18.0 Å². The van der Waals surface area contributed by atoms with Crippen LogP contribution >= 0.6 is 23.2 Å². The monoisotopic (exact) mass is 258 g/mol. The van der Waals surface area contributed by atoms with Gasteiger partial charge in [-0.1, -0.05) is 23.2 Å². The van der Waals surface area contributed by atoms with Crippen molar-refractivity contribution in [2.45, 2.75) is 0 Å².